The molecule has 0 aromatic heterocycles. The van der Waals surface area contributed by atoms with Gasteiger partial charge >= 0.3 is 0 Å². The van der Waals surface area contributed by atoms with E-state index in [-0.39, 0.29) is 24.2 Å². The number of carbonyl (C=O) groups excluding carboxylic acids is 1. The van der Waals surface area contributed by atoms with Crippen molar-refractivity contribution in [2.45, 2.75) is 25.3 Å². The minimum Gasteiger partial charge on any atom is -0.381 e. The molecule has 2 N–H and O–H groups in total. The number of nitrogens with zero attached hydrogens (tertiary/aromatic N) is 1. The maximum Gasteiger partial charge on any atom is 0.244 e. The molecule has 1 unspecified atom stereocenters. The highest BCUT2D eigenvalue weighted by Crippen LogP contribution is 2.32. The maximum absolute atomic E-state index is 12.6. The summed E-state index contributed by atoms with van der Waals surface area (Å²) in [6.45, 7) is 2.17. The third-order valence-electron chi connectivity index (χ3n) is 4.26. The van der Waals surface area contributed by atoms with Crippen LogP contribution in [0.15, 0.2) is 22.7 Å². The van der Waals surface area contributed by atoms with E-state index in [1.54, 1.807) is 0 Å². The minimum absolute atomic E-state index is 0. The predicted octanol–water partition coefficient (Wildman–Crippen LogP) is 2.51. The number of nitrogens with two attached hydrogens (primary N) is 1. The zero-order chi connectivity index (χ0) is 14.1. The fraction of sp³-hybridized carbons (Fsp3) is 0.533. The molecular formula is C15H20BrClN2O2. The van der Waals surface area contributed by atoms with Gasteiger partial charge in [0.15, 0.2) is 0 Å². The molecule has 4 nitrogen and oxygen atoms in total. The summed E-state index contributed by atoms with van der Waals surface area (Å²) in [5.74, 6) is 0.300. The Balaban J connectivity index is 0.00000161. The van der Waals surface area contributed by atoms with Gasteiger partial charge in [-0.2, -0.15) is 0 Å². The molecule has 0 bridgehead atoms. The molecule has 2 aliphatic heterocycles. The van der Waals surface area contributed by atoms with E-state index in [1.807, 2.05) is 17.0 Å². The van der Waals surface area contributed by atoms with Crippen LogP contribution in [0.4, 0.5) is 5.69 Å². The SMILES string of the molecule is Cl.NC(C(=O)N1CCc2cc(Br)ccc21)C1CCOCC1. The number of fused-ring (bicyclic) bond motifs is 1. The summed E-state index contributed by atoms with van der Waals surface area (Å²) in [7, 11) is 0. The van der Waals surface area contributed by atoms with Crippen molar-refractivity contribution in [3.63, 3.8) is 0 Å². The summed E-state index contributed by atoms with van der Waals surface area (Å²) in [6, 6.07) is 5.65. The number of amides is 1. The first kappa shape index (κ1) is 16.7. The van der Waals surface area contributed by atoms with E-state index in [0.29, 0.717) is 0 Å². The van der Waals surface area contributed by atoms with Crippen LogP contribution in [0.5, 0.6) is 0 Å². The first-order chi connectivity index (χ1) is 9.66. The summed E-state index contributed by atoms with van der Waals surface area (Å²) in [5, 5.41) is 0. The van der Waals surface area contributed by atoms with Crippen molar-refractivity contribution in [3.8, 4) is 0 Å². The van der Waals surface area contributed by atoms with Gasteiger partial charge in [-0.05, 0) is 48.9 Å². The molecule has 1 saturated heterocycles. The average Bonchev–Trinajstić information content (AvgIpc) is 2.89. The molecule has 3 rings (SSSR count). The fourth-order valence-electron chi connectivity index (χ4n) is 3.06. The van der Waals surface area contributed by atoms with Crippen molar-refractivity contribution < 1.29 is 9.53 Å². The van der Waals surface area contributed by atoms with Gasteiger partial charge in [0.05, 0.1) is 6.04 Å². The molecule has 2 aliphatic rings. The summed E-state index contributed by atoms with van der Waals surface area (Å²) < 4.78 is 6.39. The lowest BCUT2D eigenvalue weighted by Crippen LogP contribution is -2.48. The molecule has 0 spiro atoms. The minimum atomic E-state index is -0.409. The van der Waals surface area contributed by atoms with E-state index >= 15 is 0 Å². The molecule has 0 saturated carbocycles. The van der Waals surface area contributed by atoms with E-state index in [1.165, 1.54) is 5.56 Å². The Morgan fingerprint density at radius 1 is 1.38 bits per heavy atom. The van der Waals surface area contributed by atoms with Gasteiger partial charge in [-0.3, -0.25) is 4.79 Å². The normalized spacial score (nSPS) is 19.8. The highest BCUT2D eigenvalue weighted by molar-refractivity contribution is 9.10. The third kappa shape index (κ3) is 3.42. The van der Waals surface area contributed by atoms with E-state index in [4.69, 9.17) is 10.5 Å². The zero-order valence-corrected chi connectivity index (χ0v) is 14.2. The van der Waals surface area contributed by atoms with Crippen LogP contribution in [0.25, 0.3) is 0 Å². The van der Waals surface area contributed by atoms with E-state index in [9.17, 15) is 4.79 Å². The average molecular weight is 376 g/mol. The van der Waals surface area contributed by atoms with Gasteiger partial charge in [-0.15, -0.1) is 12.4 Å². The number of ether oxygens (including phenoxy) is 1. The Morgan fingerprint density at radius 2 is 2.10 bits per heavy atom. The first-order valence-corrected chi connectivity index (χ1v) is 7.89. The second kappa shape index (κ2) is 7.09. The summed E-state index contributed by atoms with van der Waals surface area (Å²) in [5.41, 5.74) is 8.43. The Kier molecular flexibility index (Phi) is 5.66. The highest BCUT2D eigenvalue weighted by atomic mass is 79.9. The second-order valence-electron chi connectivity index (χ2n) is 5.49. The molecule has 1 aromatic rings. The van der Waals surface area contributed by atoms with Crippen molar-refractivity contribution >= 4 is 39.9 Å². The van der Waals surface area contributed by atoms with Crippen LogP contribution in [-0.2, 0) is 16.0 Å². The van der Waals surface area contributed by atoms with Crippen molar-refractivity contribution in [1.29, 1.82) is 0 Å². The Labute approximate surface area is 139 Å². The molecule has 0 radical (unpaired) electrons. The number of benzene rings is 1. The molecule has 1 atom stereocenters. The maximum atomic E-state index is 12.6. The van der Waals surface area contributed by atoms with Crippen LogP contribution in [0, 0.1) is 5.92 Å². The highest BCUT2D eigenvalue weighted by Gasteiger charge is 2.33. The molecule has 1 aromatic carbocycles. The van der Waals surface area contributed by atoms with Gasteiger partial charge in [0.25, 0.3) is 0 Å². The number of hydrogen-bond donors (Lipinski definition) is 1. The Morgan fingerprint density at radius 3 is 2.81 bits per heavy atom. The van der Waals surface area contributed by atoms with E-state index in [0.717, 1.165) is 49.2 Å². The molecule has 6 heteroatoms. The first-order valence-electron chi connectivity index (χ1n) is 7.10. The van der Waals surface area contributed by atoms with Gasteiger partial charge in [0.2, 0.25) is 5.91 Å². The van der Waals surface area contributed by atoms with Crippen LogP contribution >= 0.6 is 28.3 Å². The number of rotatable bonds is 2. The van der Waals surface area contributed by atoms with Gasteiger partial charge in [0, 0.05) is 29.9 Å². The van der Waals surface area contributed by atoms with Crippen LogP contribution in [-0.4, -0.2) is 31.7 Å². The van der Waals surface area contributed by atoms with Gasteiger partial charge < -0.3 is 15.4 Å². The van der Waals surface area contributed by atoms with Gasteiger partial charge in [0.1, 0.15) is 0 Å². The zero-order valence-electron chi connectivity index (χ0n) is 11.8. The molecule has 116 valence electrons. The largest absolute Gasteiger partial charge is 0.381 e. The lowest BCUT2D eigenvalue weighted by molar-refractivity contribution is -0.121. The van der Waals surface area contributed by atoms with Gasteiger partial charge in [-0.1, -0.05) is 15.9 Å². The monoisotopic (exact) mass is 374 g/mol. The molecule has 0 aliphatic carbocycles. The number of hydrogen-bond acceptors (Lipinski definition) is 3. The van der Waals surface area contributed by atoms with Gasteiger partial charge in [-0.25, -0.2) is 0 Å². The lowest BCUT2D eigenvalue weighted by Gasteiger charge is -2.30. The summed E-state index contributed by atoms with van der Waals surface area (Å²) >= 11 is 3.47. The number of anilines is 1. The number of halogens is 2. The smallest absolute Gasteiger partial charge is 0.244 e. The number of carbonyl (C=O) groups is 1. The van der Waals surface area contributed by atoms with Crippen molar-refractivity contribution in [1.82, 2.24) is 0 Å². The van der Waals surface area contributed by atoms with Crippen LogP contribution in [0.3, 0.4) is 0 Å². The molecule has 2 heterocycles. The summed E-state index contributed by atoms with van der Waals surface area (Å²) in [6.07, 6.45) is 2.67. The quantitative estimate of drug-likeness (QED) is 0.864. The lowest BCUT2D eigenvalue weighted by atomic mass is 9.91. The molecular weight excluding hydrogens is 356 g/mol. The van der Waals surface area contributed by atoms with Crippen molar-refractivity contribution in [3.05, 3.63) is 28.2 Å². The molecule has 1 amide bonds. The van der Waals surface area contributed by atoms with E-state index < -0.39 is 6.04 Å². The standard InChI is InChI=1S/C15H19BrN2O2.ClH/c16-12-1-2-13-11(9-12)3-6-18(13)15(19)14(17)10-4-7-20-8-5-10;/h1-2,9-10,14H,3-8,17H2;1H. The van der Waals surface area contributed by atoms with Crippen LogP contribution < -0.4 is 10.6 Å². The molecule has 21 heavy (non-hydrogen) atoms. The Hall–Kier alpha value is -0.620. The third-order valence-corrected chi connectivity index (χ3v) is 4.76. The second-order valence-corrected chi connectivity index (χ2v) is 6.40. The van der Waals surface area contributed by atoms with Crippen molar-refractivity contribution in [2.75, 3.05) is 24.7 Å². The van der Waals surface area contributed by atoms with E-state index in [2.05, 4.69) is 22.0 Å². The topological polar surface area (TPSA) is 55.6 Å². The van der Waals surface area contributed by atoms with Crippen LogP contribution in [0.1, 0.15) is 18.4 Å². The Bertz CT molecular complexity index is 520. The van der Waals surface area contributed by atoms with Crippen molar-refractivity contribution in [2.24, 2.45) is 11.7 Å². The predicted molar refractivity (Wildman–Crippen MR) is 89.0 cm³/mol. The summed E-state index contributed by atoms with van der Waals surface area (Å²) in [4.78, 5) is 14.5. The molecule has 1 fully saturated rings. The van der Waals surface area contributed by atoms with Crippen LogP contribution in [0.2, 0.25) is 0 Å². The fourth-order valence-corrected chi connectivity index (χ4v) is 3.46.